The van der Waals surface area contributed by atoms with E-state index in [-0.39, 0.29) is 10.6 Å². The van der Waals surface area contributed by atoms with E-state index in [4.69, 9.17) is 4.74 Å². The number of unbranched alkanes of at least 4 members (excludes halogenated alkanes) is 1. The predicted octanol–water partition coefficient (Wildman–Crippen LogP) is 2.31. The quantitative estimate of drug-likeness (QED) is 0.439. The number of hydrogen-bond donors (Lipinski definition) is 0. The SMILES string of the molecule is Cc1cc(OCCCCN2CCN(C)CC2)ccc1[N+](=O)[O-]. The zero-order valence-corrected chi connectivity index (χ0v) is 13.5. The van der Waals surface area contributed by atoms with E-state index in [0.717, 1.165) is 45.6 Å². The molecule has 1 aliphatic heterocycles. The van der Waals surface area contributed by atoms with Crippen LogP contribution in [0, 0.1) is 17.0 Å². The van der Waals surface area contributed by atoms with Crippen LogP contribution in [0.3, 0.4) is 0 Å². The van der Waals surface area contributed by atoms with Crippen molar-refractivity contribution in [3.8, 4) is 5.75 Å². The lowest BCUT2D eigenvalue weighted by molar-refractivity contribution is -0.385. The van der Waals surface area contributed by atoms with Gasteiger partial charge in [-0.15, -0.1) is 0 Å². The van der Waals surface area contributed by atoms with Gasteiger partial charge in [0.15, 0.2) is 0 Å². The van der Waals surface area contributed by atoms with Crippen molar-refractivity contribution in [1.82, 2.24) is 9.80 Å². The molecule has 1 aromatic carbocycles. The van der Waals surface area contributed by atoms with Gasteiger partial charge in [0.2, 0.25) is 0 Å². The topological polar surface area (TPSA) is 58.8 Å². The Morgan fingerprint density at radius 3 is 2.59 bits per heavy atom. The number of likely N-dealkylation sites (N-methyl/N-ethyl adjacent to an activating group) is 1. The largest absolute Gasteiger partial charge is 0.494 e. The number of piperazine rings is 1. The maximum absolute atomic E-state index is 10.8. The van der Waals surface area contributed by atoms with E-state index in [9.17, 15) is 10.1 Å². The van der Waals surface area contributed by atoms with Crippen molar-refractivity contribution in [3.63, 3.8) is 0 Å². The van der Waals surface area contributed by atoms with Gasteiger partial charge >= 0.3 is 0 Å². The fraction of sp³-hybridized carbons (Fsp3) is 0.625. The predicted molar refractivity (Wildman–Crippen MR) is 86.5 cm³/mol. The minimum Gasteiger partial charge on any atom is -0.494 e. The summed E-state index contributed by atoms with van der Waals surface area (Å²) in [6.45, 7) is 8.12. The van der Waals surface area contributed by atoms with Crippen LogP contribution in [-0.2, 0) is 0 Å². The summed E-state index contributed by atoms with van der Waals surface area (Å²) in [7, 11) is 2.16. The molecule has 0 aromatic heterocycles. The number of rotatable bonds is 7. The van der Waals surface area contributed by atoms with Crippen LogP contribution in [0.5, 0.6) is 5.75 Å². The first kappa shape index (κ1) is 16.7. The monoisotopic (exact) mass is 307 g/mol. The van der Waals surface area contributed by atoms with Crippen LogP contribution in [0.15, 0.2) is 18.2 Å². The molecule has 2 rings (SSSR count). The van der Waals surface area contributed by atoms with Crippen LogP contribution in [0.1, 0.15) is 18.4 Å². The van der Waals surface area contributed by atoms with Crippen LogP contribution >= 0.6 is 0 Å². The molecule has 0 unspecified atom stereocenters. The number of ether oxygens (including phenoxy) is 1. The molecule has 1 aliphatic rings. The Morgan fingerprint density at radius 2 is 1.95 bits per heavy atom. The molecule has 0 N–H and O–H groups in total. The Hall–Kier alpha value is -1.66. The third-order valence-electron chi connectivity index (χ3n) is 4.10. The van der Waals surface area contributed by atoms with Crippen LogP contribution < -0.4 is 4.74 Å². The van der Waals surface area contributed by atoms with E-state index in [1.807, 2.05) is 0 Å². The number of nitro groups is 1. The molecule has 22 heavy (non-hydrogen) atoms. The first-order valence-electron chi connectivity index (χ1n) is 7.85. The van der Waals surface area contributed by atoms with Gasteiger partial charge in [0.05, 0.1) is 11.5 Å². The molecule has 0 radical (unpaired) electrons. The van der Waals surface area contributed by atoms with Crippen LogP contribution in [0.4, 0.5) is 5.69 Å². The average Bonchev–Trinajstić information content (AvgIpc) is 2.48. The average molecular weight is 307 g/mol. The number of benzene rings is 1. The molecular weight excluding hydrogens is 282 g/mol. The summed E-state index contributed by atoms with van der Waals surface area (Å²) < 4.78 is 5.68. The Balaban J connectivity index is 1.64. The maximum Gasteiger partial charge on any atom is 0.272 e. The Bertz CT molecular complexity index is 499. The lowest BCUT2D eigenvalue weighted by Crippen LogP contribution is -2.44. The van der Waals surface area contributed by atoms with Gasteiger partial charge < -0.3 is 14.5 Å². The van der Waals surface area contributed by atoms with Gasteiger partial charge in [-0.05, 0) is 45.5 Å². The fourth-order valence-corrected chi connectivity index (χ4v) is 2.62. The lowest BCUT2D eigenvalue weighted by atomic mass is 10.2. The lowest BCUT2D eigenvalue weighted by Gasteiger charge is -2.32. The molecule has 0 spiro atoms. The second-order valence-electron chi connectivity index (χ2n) is 5.91. The fourth-order valence-electron chi connectivity index (χ4n) is 2.62. The molecule has 122 valence electrons. The zero-order valence-electron chi connectivity index (χ0n) is 13.5. The summed E-state index contributed by atoms with van der Waals surface area (Å²) in [6.07, 6.45) is 2.12. The number of nitrogens with zero attached hydrogens (tertiary/aromatic N) is 3. The van der Waals surface area contributed by atoms with Crippen molar-refractivity contribution < 1.29 is 9.66 Å². The third-order valence-corrected chi connectivity index (χ3v) is 4.10. The Morgan fingerprint density at radius 1 is 1.23 bits per heavy atom. The third kappa shape index (κ3) is 4.96. The van der Waals surface area contributed by atoms with Crippen LogP contribution in [-0.4, -0.2) is 61.1 Å². The van der Waals surface area contributed by atoms with E-state index in [1.54, 1.807) is 19.1 Å². The van der Waals surface area contributed by atoms with Crippen molar-refractivity contribution in [3.05, 3.63) is 33.9 Å². The highest BCUT2D eigenvalue weighted by molar-refractivity contribution is 5.44. The molecule has 0 atom stereocenters. The van der Waals surface area contributed by atoms with E-state index in [2.05, 4.69) is 16.8 Å². The van der Waals surface area contributed by atoms with Gasteiger partial charge in [0, 0.05) is 37.8 Å². The highest BCUT2D eigenvalue weighted by Gasteiger charge is 2.13. The standard InChI is InChI=1S/C16H25N3O3/c1-14-13-15(5-6-16(14)19(20)21)22-12-4-3-7-18-10-8-17(2)9-11-18/h5-6,13H,3-4,7-12H2,1-2H3. The highest BCUT2D eigenvalue weighted by atomic mass is 16.6. The first-order chi connectivity index (χ1) is 10.6. The van der Waals surface area contributed by atoms with E-state index >= 15 is 0 Å². The van der Waals surface area contributed by atoms with E-state index in [0.29, 0.717) is 17.9 Å². The number of nitro benzene ring substituents is 1. The molecule has 6 nitrogen and oxygen atoms in total. The van der Waals surface area contributed by atoms with Crippen LogP contribution in [0.25, 0.3) is 0 Å². The second-order valence-corrected chi connectivity index (χ2v) is 5.91. The molecule has 6 heteroatoms. The Kier molecular flexibility index (Phi) is 6.15. The van der Waals surface area contributed by atoms with E-state index in [1.165, 1.54) is 6.07 Å². The molecular formula is C16H25N3O3. The number of aryl methyl sites for hydroxylation is 1. The highest BCUT2D eigenvalue weighted by Crippen LogP contribution is 2.23. The molecule has 0 bridgehead atoms. The smallest absolute Gasteiger partial charge is 0.272 e. The molecule has 0 saturated carbocycles. The van der Waals surface area contributed by atoms with Crippen molar-refractivity contribution in [1.29, 1.82) is 0 Å². The molecule has 1 saturated heterocycles. The summed E-state index contributed by atoms with van der Waals surface area (Å²) in [5.74, 6) is 0.711. The summed E-state index contributed by atoms with van der Waals surface area (Å²) >= 11 is 0. The molecule has 1 aromatic rings. The maximum atomic E-state index is 10.8. The molecule has 1 heterocycles. The summed E-state index contributed by atoms with van der Waals surface area (Å²) in [5.41, 5.74) is 0.780. The molecule has 0 amide bonds. The van der Waals surface area contributed by atoms with Crippen molar-refractivity contribution in [2.24, 2.45) is 0 Å². The minimum absolute atomic E-state index is 0.141. The molecule has 1 fully saturated rings. The first-order valence-corrected chi connectivity index (χ1v) is 7.85. The van der Waals surface area contributed by atoms with Gasteiger partial charge in [0.1, 0.15) is 5.75 Å². The minimum atomic E-state index is -0.366. The van der Waals surface area contributed by atoms with Crippen molar-refractivity contribution >= 4 is 5.69 Å². The summed E-state index contributed by atoms with van der Waals surface area (Å²) in [6, 6.07) is 4.92. The van der Waals surface area contributed by atoms with Gasteiger partial charge in [-0.2, -0.15) is 0 Å². The van der Waals surface area contributed by atoms with Gasteiger partial charge in [0.25, 0.3) is 5.69 Å². The second kappa shape index (κ2) is 8.10. The zero-order chi connectivity index (χ0) is 15.9. The Labute approximate surface area is 131 Å². The number of hydrogen-bond acceptors (Lipinski definition) is 5. The van der Waals surface area contributed by atoms with E-state index < -0.39 is 0 Å². The van der Waals surface area contributed by atoms with Gasteiger partial charge in [-0.3, -0.25) is 10.1 Å². The summed E-state index contributed by atoms with van der Waals surface area (Å²) in [5, 5.41) is 10.8. The summed E-state index contributed by atoms with van der Waals surface area (Å²) in [4.78, 5) is 15.2. The normalized spacial score (nSPS) is 16.6. The van der Waals surface area contributed by atoms with Crippen LogP contribution in [0.2, 0.25) is 0 Å². The molecule has 0 aliphatic carbocycles. The van der Waals surface area contributed by atoms with Gasteiger partial charge in [-0.25, -0.2) is 0 Å². The van der Waals surface area contributed by atoms with Crippen molar-refractivity contribution in [2.45, 2.75) is 19.8 Å². The van der Waals surface area contributed by atoms with Crippen molar-refractivity contribution in [2.75, 3.05) is 46.4 Å². The van der Waals surface area contributed by atoms with Gasteiger partial charge in [-0.1, -0.05) is 0 Å².